The van der Waals surface area contributed by atoms with Crippen molar-refractivity contribution in [1.29, 1.82) is 0 Å². The summed E-state index contributed by atoms with van der Waals surface area (Å²) in [4.78, 5) is 7.78. The van der Waals surface area contributed by atoms with Gasteiger partial charge in [0.25, 0.3) is 0 Å². The van der Waals surface area contributed by atoms with Crippen molar-refractivity contribution in [3.63, 3.8) is 0 Å². The van der Waals surface area contributed by atoms with Gasteiger partial charge in [0.2, 0.25) is 0 Å². The monoisotopic (exact) mass is 718 g/mol. The first-order chi connectivity index (χ1) is 17.2. The molecule has 0 fully saturated rings. The summed E-state index contributed by atoms with van der Waals surface area (Å²) in [7, 11) is -1.50. The minimum atomic E-state index is -1.50. The molecular weight excluding hydrogens is 676 g/mol. The van der Waals surface area contributed by atoms with Crippen molar-refractivity contribution in [2.24, 2.45) is 10.4 Å². The zero-order chi connectivity index (χ0) is 25.3. The van der Waals surface area contributed by atoms with Gasteiger partial charge in [0.15, 0.2) is 13.7 Å². The van der Waals surface area contributed by atoms with Gasteiger partial charge in [-0.1, -0.05) is 93.6 Å². The number of fused-ring (bicyclic) bond motifs is 1. The number of rotatable bonds is 6. The van der Waals surface area contributed by atoms with E-state index in [1.807, 2.05) is 0 Å². The summed E-state index contributed by atoms with van der Waals surface area (Å²) in [6, 6.07) is 36.6. The predicted molar refractivity (Wildman–Crippen MR) is 170 cm³/mol. The standard InChI is InChI=1S/C32H35N2OP.2CH3.Ir/c1-31(2,3)29-23-34(28-22-14-16-24-15-12-13-21-27(24)28)30(33-29)32(4,5)35-36(25-17-8-6-9-18-25)26-19-10-7-11-20-26;;;/h6-22,29H,23H2,1-5H3;2*1H3;/q;2*-1;/p+1/t29-;;;/m1.../s1. The smallest absolute Gasteiger partial charge is 0.199 e. The average Bonchev–Trinajstić information content (AvgIpc) is 3.35. The number of aliphatic imine (C=N–C) groups is 1. The summed E-state index contributed by atoms with van der Waals surface area (Å²) in [5.41, 5.74) is 0.660. The van der Waals surface area contributed by atoms with Gasteiger partial charge < -0.3 is 19.8 Å². The van der Waals surface area contributed by atoms with Crippen molar-refractivity contribution in [3.8, 4) is 0 Å². The van der Waals surface area contributed by atoms with E-state index in [0.717, 1.165) is 12.4 Å². The predicted octanol–water partition coefficient (Wildman–Crippen LogP) is 7.95. The molecule has 0 unspecified atom stereocenters. The molecule has 0 bridgehead atoms. The zero-order valence-electron chi connectivity index (χ0n) is 24.2. The van der Waals surface area contributed by atoms with Crippen LogP contribution in [0, 0.1) is 20.3 Å². The molecule has 0 aliphatic carbocycles. The summed E-state index contributed by atoms with van der Waals surface area (Å²) < 4.78 is 7.15. The van der Waals surface area contributed by atoms with Gasteiger partial charge in [0, 0.05) is 32.0 Å². The van der Waals surface area contributed by atoms with E-state index in [1.165, 1.54) is 27.1 Å². The average molecular weight is 718 g/mol. The van der Waals surface area contributed by atoms with E-state index in [1.54, 1.807) is 0 Å². The molecule has 1 atom stereocenters. The van der Waals surface area contributed by atoms with E-state index < -0.39 is 13.7 Å². The van der Waals surface area contributed by atoms with Crippen LogP contribution in [0.4, 0.5) is 5.69 Å². The fraction of sp³-hybridized carbons (Fsp3) is 0.265. The second kappa shape index (κ2) is 13.3. The van der Waals surface area contributed by atoms with Crippen LogP contribution < -0.4 is 15.5 Å². The Morgan fingerprint density at radius 3 is 1.79 bits per heavy atom. The Labute approximate surface area is 250 Å². The van der Waals surface area contributed by atoms with Gasteiger partial charge in [0.1, 0.15) is 16.4 Å². The van der Waals surface area contributed by atoms with E-state index in [0.29, 0.717) is 0 Å². The van der Waals surface area contributed by atoms with E-state index >= 15 is 0 Å². The van der Waals surface area contributed by atoms with Crippen LogP contribution in [0.25, 0.3) is 10.8 Å². The number of hydrogen-bond donors (Lipinski definition) is 0. The van der Waals surface area contributed by atoms with Crippen molar-refractivity contribution in [1.82, 2.24) is 0 Å². The number of anilines is 1. The van der Waals surface area contributed by atoms with E-state index in [-0.39, 0.29) is 46.4 Å². The Morgan fingerprint density at radius 1 is 0.718 bits per heavy atom. The molecule has 39 heavy (non-hydrogen) atoms. The summed E-state index contributed by atoms with van der Waals surface area (Å²) in [6.07, 6.45) is 0. The van der Waals surface area contributed by atoms with Crippen LogP contribution in [0.5, 0.6) is 0 Å². The molecule has 5 rings (SSSR count). The van der Waals surface area contributed by atoms with Gasteiger partial charge in [-0.05, 0) is 55.0 Å². The Bertz CT molecular complexity index is 1320. The molecule has 1 heterocycles. The number of hydrogen-bond acceptors (Lipinski definition) is 3. The third kappa shape index (κ3) is 7.05. The molecule has 3 nitrogen and oxygen atoms in total. The third-order valence-electron chi connectivity index (χ3n) is 6.91. The molecule has 4 aromatic carbocycles. The zero-order valence-corrected chi connectivity index (χ0v) is 27.6. The molecule has 1 aliphatic heterocycles. The molecule has 0 spiro atoms. The molecule has 0 saturated carbocycles. The van der Waals surface area contributed by atoms with Gasteiger partial charge in [-0.25, -0.2) is 4.52 Å². The summed E-state index contributed by atoms with van der Waals surface area (Å²) in [5, 5.41) is 4.97. The molecular formula is C34H42IrN2OP-. The molecule has 1 radical (unpaired) electrons. The maximum Gasteiger partial charge on any atom is 0.199 e. The number of amidine groups is 1. The SMILES string of the molecule is CC(C)(O[PH+](c1ccccc1)c1ccccc1)C1=N[C@@H](C(C)(C)C)CN1c1cccc2ccccc12.[CH3-].[CH3-].[Ir]. The van der Waals surface area contributed by atoms with Crippen LogP contribution in [-0.2, 0) is 24.6 Å². The van der Waals surface area contributed by atoms with Crippen LogP contribution in [0.1, 0.15) is 34.6 Å². The first-order valence-electron chi connectivity index (χ1n) is 12.7. The van der Waals surface area contributed by atoms with Crippen LogP contribution in [0.2, 0.25) is 0 Å². The van der Waals surface area contributed by atoms with Crippen molar-refractivity contribution >= 4 is 41.1 Å². The first-order valence-corrected chi connectivity index (χ1v) is 14.2. The second-order valence-electron chi connectivity index (χ2n) is 11.1. The molecule has 5 heteroatoms. The van der Waals surface area contributed by atoms with Crippen LogP contribution >= 0.6 is 8.15 Å². The van der Waals surface area contributed by atoms with E-state index in [9.17, 15) is 0 Å². The van der Waals surface area contributed by atoms with Gasteiger partial charge in [0.05, 0.1) is 11.7 Å². The van der Waals surface area contributed by atoms with Crippen LogP contribution in [0.15, 0.2) is 108 Å². The third-order valence-corrected chi connectivity index (χ3v) is 9.34. The number of nitrogens with zero attached hydrogens (tertiary/aromatic N) is 2. The number of benzene rings is 4. The second-order valence-corrected chi connectivity index (χ2v) is 13.1. The Balaban J connectivity index is 0.00000178. The van der Waals surface area contributed by atoms with E-state index in [4.69, 9.17) is 9.52 Å². The normalized spacial score (nSPS) is 15.3. The van der Waals surface area contributed by atoms with Gasteiger partial charge >= 0.3 is 0 Å². The molecule has 0 N–H and O–H groups in total. The fourth-order valence-electron chi connectivity index (χ4n) is 4.89. The fourth-order valence-corrected chi connectivity index (χ4v) is 7.05. The van der Waals surface area contributed by atoms with Crippen LogP contribution in [-0.4, -0.2) is 24.0 Å². The Kier molecular flexibility index (Phi) is 11.2. The maximum absolute atomic E-state index is 7.15. The minimum Gasteiger partial charge on any atom is -0.358 e. The van der Waals surface area contributed by atoms with Crippen molar-refractivity contribution in [3.05, 3.63) is 118 Å². The topological polar surface area (TPSA) is 24.8 Å². The van der Waals surface area contributed by atoms with E-state index in [2.05, 4.69) is 143 Å². The summed E-state index contributed by atoms with van der Waals surface area (Å²) >= 11 is 0. The van der Waals surface area contributed by atoms with Crippen molar-refractivity contribution in [2.75, 3.05) is 11.4 Å². The van der Waals surface area contributed by atoms with Gasteiger partial charge in [-0.3, -0.25) is 4.99 Å². The van der Waals surface area contributed by atoms with Crippen molar-refractivity contribution < 1.29 is 24.6 Å². The molecule has 0 saturated heterocycles. The van der Waals surface area contributed by atoms with Crippen LogP contribution in [0.3, 0.4) is 0 Å². The quantitative estimate of drug-likeness (QED) is 0.150. The molecule has 4 aromatic rings. The first kappa shape index (κ1) is 32.9. The molecule has 0 aromatic heterocycles. The maximum atomic E-state index is 7.15. The van der Waals surface area contributed by atoms with Gasteiger partial charge in [-0.2, -0.15) is 0 Å². The van der Waals surface area contributed by atoms with Crippen molar-refractivity contribution in [2.45, 2.75) is 46.3 Å². The minimum absolute atomic E-state index is 0. The summed E-state index contributed by atoms with van der Waals surface area (Å²) in [5.74, 6) is 1.01. The summed E-state index contributed by atoms with van der Waals surface area (Å²) in [6.45, 7) is 12.1. The molecule has 0 amide bonds. The Morgan fingerprint density at radius 2 is 1.23 bits per heavy atom. The largest absolute Gasteiger partial charge is 0.358 e. The molecule has 209 valence electrons. The molecule has 1 aliphatic rings. The van der Waals surface area contributed by atoms with Gasteiger partial charge in [-0.15, -0.1) is 0 Å². The Hall–Kier alpha value is -2.35.